The van der Waals surface area contributed by atoms with Crippen molar-refractivity contribution in [1.29, 1.82) is 5.26 Å². The largest absolute Gasteiger partial charge is 0.246 e. The summed E-state index contributed by atoms with van der Waals surface area (Å²) in [7, 11) is 0. The third-order valence-electron chi connectivity index (χ3n) is 4.80. The summed E-state index contributed by atoms with van der Waals surface area (Å²) in [6.45, 7) is 3.81. The first-order chi connectivity index (χ1) is 8.65. The van der Waals surface area contributed by atoms with Crippen LogP contribution in [-0.2, 0) is 0 Å². The van der Waals surface area contributed by atoms with Crippen LogP contribution >= 0.6 is 0 Å². The molecule has 2 rings (SSSR count). The lowest BCUT2D eigenvalue weighted by atomic mass is 9.68. The molecule has 0 aromatic heterocycles. The lowest BCUT2D eigenvalue weighted by Gasteiger charge is -2.38. The van der Waals surface area contributed by atoms with Gasteiger partial charge in [0, 0.05) is 0 Å². The van der Waals surface area contributed by atoms with E-state index in [4.69, 9.17) is 5.26 Å². The van der Waals surface area contributed by atoms with Crippen LogP contribution in [0.1, 0.15) is 38.5 Å². The van der Waals surface area contributed by atoms with Gasteiger partial charge in [-0.05, 0) is 56.3 Å². The van der Waals surface area contributed by atoms with Crippen molar-refractivity contribution in [1.82, 2.24) is 0 Å². The average molecular weight is 253 g/mol. The minimum atomic E-state index is -1.28. The molecule has 0 aliphatic heterocycles. The van der Waals surface area contributed by atoms with E-state index >= 15 is 0 Å². The van der Waals surface area contributed by atoms with Gasteiger partial charge in [0.15, 0.2) is 0 Å². The van der Waals surface area contributed by atoms with Gasteiger partial charge in [-0.2, -0.15) is 5.26 Å². The van der Waals surface area contributed by atoms with Crippen molar-refractivity contribution >= 4 is 0 Å². The molecule has 0 aromatic rings. The SMILES string of the molecule is C=CC1CCC(C2CC(F)C(C#N)C(F)C2)CC1. The van der Waals surface area contributed by atoms with Gasteiger partial charge in [-0.15, -0.1) is 6.58 Å². The van der Waals surface area contributed by atoms with Gasteiger partial charge < -0.3 is 0 Å². The number of hydrogen-bond acceptors (Lipinski definition) is 1. The molecular weight excluding hydrogens is 232 g/mol. The maximum Gasteiger partial charge on any atom is 0.119 e. The maximum absolute atomic E-state index is 13.8. The normalized spacial score (nSPS) is 45.2. The minimum Gasteiger partial charge on any atom is -0.246 e. The summed E-state index contributed by atoms with van der Waals surface area (Å²) in [5, 5.41) is 8.75. The monoisotopic (exact) mass is 253 g/mol. The molecule has 0 N–H and O–H groups in total. The summed E-state index contributed by atoms with van der Waals surface area (Å²) < 4.78 is 27.5. The van der Waals surface area contributed by atoms with Gasteiger partial charge in [-0.25, -0.2) is 8.78 Å². The number of allylic oxidation sites excluding steroid dienone is 1. The van der Waals surface area contributed by atoms with Crippen LogP contribution in [0.15, 0.2) is 12.7 Å². The van der Waals surface area contributed by atoms with E-state index in [9.17, 15) is 8.78 Å². The van der Waals surface area contributed by atoms with Crippen LogP contribution in [0.2, 0.25) is 0 Å². The lowest BCUT2D eigenvalue weighted by molar-refractivity contribution is 0.0398. The first-order valence-corrected chi connectivity index (χ1v) is 6.96. The van der Waals surface area contributed by atoms with Crippen LogP contribution in [0.4, 0.5) is 8.78 Å². The molecule has 2 fully saturated rings. The second-order valence-electron chi connectivity index (χ2n) is 5.83. The van der Waals surface area contributed by atoms with Gasteiger partial charge >= 0.3 is 0 Å². The maximum atomic E-state index is 13.8. The van der Waals surface area contributed by atoms with Gasteiger partial charge in [0.05, 0.1) is 6.07 Å². The van der Waals surface area contributed by atoms with E-state index in [1.165, 1.54) is 0 Å². The molecule has 0 heterocycles. The predicted molar refractivity (Wildman–Crippen MR) is 67.3 cm³/mol. The summed E-state index contributed by atoms with van der Waals surface area (Å²) in [6.07, 6.45) is 4.50. The second-order valence-corrected chi connectivity index (χ2v) is 5.83. The van der Waals surface area contributed by atoms with E-state index in [0.29, 0.717) is 24.7 Å². The highest BCUT2D eigenvalue weighted by Crippen LogP contribution is 2.43. The fraction of sp³-hybridized carbons (Fsp3) is 0.800. The van der Waals surface area contributed by atoms with Gasteiger partial charge in [0.1, 0.15) is 18.3 Å². The summed E-state index contributed by atoms with van der Waals surface area (Å²) in [5.74, 6) is 0.118. The molecule has 100 valence electrons. The van der Waals surface area contributed by atoms with E-state index in [1.807, 2.05) is 6.08 Å². The van der Waals surface area contributed by atoms with Crippen molar-refractivity contribution in [3.63, 3.8) is 0 Å². The van der Waals surface area contributed by atoms with Crippen LogP contribution in [0.3, 0.4) is 0 Å². The molecule has 0 saturated heterocycles. The number of alkyl halides is 2. The van der Waals surface area contributed by atoms with Crippen molar-refractivity contribution in [2.75, 3.05) is 0 Å². The fourth-order valence-electron chi connectivity index (χ4n) is 3.59. The van der Waals surface area contributed by atoms with Gasteiger partial charge in [0.25, 0.3) is 0 Å². The highest BCUT2D eigenvalue weighted by Gasteiger charge is 2.41. The Balaban J connectivity index is 1.92. The van der Waals surface area contributed by atoms with Crippen molar-refractivity contribution in [3.8, 4) is 6.07 Å². The van der Waals surface area contributed by atoms with Gasteiger partial charge in [0.2, 0.25) is 0 Å². The van der Waals surface area contributed by atoms with Crippen LogP contribution < -0.4 is 0 Å². The first-order valence-electron chi connectivity index (χ1n) is 6.96. The molecule has 2 aliphatic rings. The molecule has 0 aromatic carbocycles. The van der Waals surface area contributed by atoms with Crippen LogP contribution in [0, 0.1) is 35.0 Å². The zero-order chi connectivity index (χ0) is 13.1. The molecule has 0 bridgehead atoms. The molecule has 0 amide bonds. The minimum absolute atomic E-state index is 0.130. The van der Waals surface area contributed by atoms with Crippen LogP contribution in [0.25, 0.3) is 0 Å². The van der Waals surface area contributed by atoms with E-state index in [0.717, 1.165) is 25.7 Å². The molecular formula is C15H21F2N. The van der Waals surface area contributed by atoms with Gasteiger partial charge in [-0.3, -0.25) is 0 Å². The highest BCUT2D eigenvalue weighted by molar-refractivity contribution is 5.00. The average Bonchev–Trinajstić information content (AvgIpc) is 2.38. The van der Waals surface area contributed by atoms with Crippen molar-refractivity contribution in [3.05, 3.63) is 12.7 Å². The van der Waals surface area contributed by atoms with Crippen molar-refractivity contribution in [2.45, 2.75) is 50.9 Å². The standard InChI is InChI=1S/C15H21F2N/c1-2-10-3-5-11(6-4-10)12-7-14(16)13(9-18)15(17)8-12/h2,10-15H,1,3-8H2. The molecule has 0 spiro atoms. The van der Waals surface area contributed by atoms with E-state index in [1.54, 1.807) is 6.07 Å². The zero-order valence-electron chi connectivity index (χ0n) is 10.7. The Morgan fingerprint density at radius 1 is 1.00 bits per heavy atom. The summed E-state index contributed by atoms with van der Waals surface area (Å²) >= 11 is 0. The van der Waals surface area contributed by atoms with Crippen molar-refractivity contribution < 1.29 is 8.78 Å². The number of rotatable bonds is 2. The molecule has 0 radical (unpaired) electrons. The lowest BCUT2D eigenvalue weighted by Crippen LogP contribution is -2.38. The molecule has 2 unspecified atom stereocenters. The topological polar surface area (TPSA) is 23.8 Å². The quantitative estimate of drug-likeness (QED) is 0.676. The van der Waals surface area contributed by atoms with Crippen molar-refractivity contribution in [2.24, 2.45) is 23.7 Å². The summed E-state index contributed by atoms with van der Waals surface area (Å²) in [4.78, 5) is 0. The highest BCUT2D eigenvalue weighted by atomic mass is 19.1. The number of nitrogens with zero attached hydrogens (tertiary/aromatic N) is 1. The summed E-state index contributed by atoms with van der Waals surface area (Å²) in [5.41, 5.74) is 0. The third kappa shape index (κ3) is 2.74. The Morgan fingerprint density at radius 3 is 2.00 bits per heavy atom. The number of hydrogen-bond donors (Lipinski definition) is 0. The van der Waals surface area contributed by atoms with Crippen LogP contribution in [0.5, 0.6) is 0 Å². The molecule has 2 aliphatic carbocycles. The fourth-order valence-corrected chi connectivity index (χ4v) is 3.59. The van der Waals surface area contributed by atoms with E-state index in [-0.39, 0.29) is 5.92 Å². The third-order valence-corrected chi connectivity index (χ3v) is 4.80. The Kier molecular flexibility index (Phi) is 4.37. The molecule has 2 saturated carbocycles. The van der Waals surface area contributed by atoms with E-state index < -0.39 is 18.3 Å². The Labute approximate surface area is 108 Å². The second kappa shape index (κ2) is 5.82. The summed E-state index contributed by atoms with van der Waals surface area (Å²) in [6, 6.07) is 1.78. The Bertz CT molecular complexity index is 316. The Morgan fingerprint density at radius 2 is 1.56 bits per heavy atom. The number of nitriles is 1. The Hall–Kier alpha value is -0.910. The molecule has 3 heteroatoms. The predicted octanol–water partition coefficient (Wildman–Crippen LogP) is 4.20. The number of halogens is 2. The first kappa shape index (κ1) is 13.5. The smallest absolute Gasteiger partial charge is 0.119 e. The van der Waals surface area contributed by atoms with Gasteiger partial charge in [-0.1, -0.05) is 6.08 Å². The molecule has 2 atom stereocenters. The van der Waals surface area contributed by atoms with Crippen LogP contribution in [-0.4, -0.2) is 12.3 Å². The molecule has 1 nitrogen and oxygen atoms in total. The zero-order valence-corrected chi connectivity index (χ0v) is 10.7. The molecule has 18 heavy (non-hydrogen) atoms. The van der Waals surface area contributed by atoms with E-state index in [2.05, 4.69) is 6.58 Å².